The van der Waals surface area contributed by atoms with E-state index in [4.69, 9.17) is 0 Å². The summed E-state index contributed by atoms with van der Waals surface area (Å²) >= 11 is 0. The molecule has 2 heterocycles. The van der Waals surface area contributed by atoms with Crippen LogP contribution in [0.4, 0.5) is 8.78 Å². The lowest BCUT2D eigenvalue weighted by Gasteiger charge is -2.32. The molecule has 0 aliphatic carbocycles. The quantitative estimate of drug-likeness (QED) is 0.840. The third-order valence-corrected chi connectivity index (χ3v) is 4.63. The van der Waals surface area contributed by atoms with Crippen molar-refractivity contribution in [1.82, 2.24) is 14.7 Å². The monoisotopic (exact) mass is 319 g/mol. The van der Waals surface area contributed by atoms with E-state index in [9.17, 15) is 8.78 Å². The van der Waals surface area contributed by atoms with Crippen molar-refractivity contribution in [1.29, 1.82) is 0 Å². The van der Waals surface area contributed by atoms with E-state index in [1.54, 1.807) is 0 Å². The highest BCUT2D eigenvalue weighted by Crippen LogP contribution is 2.24. The van der Waals surface area contributed by atoms with Gasteiger partial charge in [0.15, 0.2) is 0 Å². The fourth-order valence-electron chi connectivity index (χ4n) is 3.46. The van der Waals surface area contributed by atoms with Crippen molar-refractivity contribution in [3.63, 3.8) is 0 Å². The zero-order valence-corrected chi connectivity index (χ0v) is 13.5. The average molecular weight is 319 g/mol. The second-order valence-electron chi connectivity index (χ2n) is 6.50. The maximum atomic E-state index is 13.7. The van der Waals surface area contributed by atoms with Gasteiger partial charge in [-0.05, 0) is 50.3 Å². The summed E-state index contributed by atoms with van der Waals surface area (Å²) in [5, 5.41) is 4.20. The fourth-order valence-corrected chi connectivity index (χ4v) is 3.46. The number of halogens is 2. The van der Waals surface area contributed by atoms with E-state index in [0.717, 1.165) is 38.9 Å². The molecule has 0 spiro atoms. The van der Waals surface area contributed by atoms with E-state index in [1.165, 1.54) is 23.8 Å². The van der Waals surface area contributed by atoms with Crippen LogP contribution in [-0.4, -0.2) is 27.8 Å². The Morgan fingerprint density at radius 1 is 1.26 bits per heavy atom. The highest BCUT2D eigenvalue weighted by Gasteiger charge is 2.21. The third-order valence-electron chi connectivity index (χ3n) is 4.63. The summed E-state index contributed by atoms with van der Waals surface area (Å²) in [5.74, 6) is -0.347. The Morgan fingerprint density at radius 3 is 2.74 bits per heavy atom. The number of rotatable bonds is 5. The number of nitrogens with zero attached hydrogens (tertiary/aromatic N) is 3. The maximum absolute atomic E-state index is 13.7. The highest BCUT2D eigenvalue weighted by molar-refractivity contribution is 5.19. The van der Waals surface area contributed by atoms with Crippen LogP contribution in [0.5, 0.6) is 0 Å². The van der Waals surface area contributed by atoms with Crippen LogP contribution in [0.15, 0.2) is 30.6 Å². The van der Waals surface area contributed by atoms with E-state index in [-0.39, 0.29) is 5.56 Å². The minimum absolute atomic E-state index is 0.233. The molecule has 23 heavy (non-hydrogen) atoms. The van der Waals surface area contributed by atoms with Crippen LogP contribution >= 0.6 is 0 Å². The molecule has 1 aromatic carbocycles. The number of hydrogen-bond acceptors (Lipinski definition) is 2. The first-order chi connectivity index (χ1) is 11.1. The highest BCUT2D eigenvalue weighted by atomic mass is 19.1. The van der Waals surface area contributed by atoms with Crippen LogP contribution < -0.4 is 0 Å². The second-order valence-corrected chi connectivity index (χ2v) is 6.50. The topological polar surface area (TPSA) is 21.1 Å². The standard InChI is InChI=1S/C18H23F2N3/c1-22-11-15(10-21-22)13-23-9-3-4-14(12-23)7-8-16-17(19)5-2-6-18(16)20/h2,5-6,10-11,14H,3-4,7-9,12-13H2,1H3/t14-/m1/s1. The lowest BCUT2D eigenvalue weighted by molar-refractivity contribution is 0.161. The van der Waals surface area contributed by atoms with Gasteiger partial charge >= 0.3 is 0 Å². The Kier molecular flexibility index (Phi) is 5.06. The van der Waals surface area contributed by atoms with E-state index in [2.05, 4.69) is 10.00 Å². The number of aromatic nitrogens is 2. The zero-order valence-electron chi connectivity index (χ0n) is 13.5. The molecule has 1 atom stereocenters. The molecule has 5 heteroatoms. The van der Waals surface area contributed by atoms with E-state index in [1.807, 2.05) is 24.1 Å². The number of aryl methyl sites for hydroxylation is 1. The van der Waals surface area contributed by atoms with Crippen molar-refractivity contribution in [3.05, 3.63) is 53.4 Å². The molecular weight excluding hydrogens is 296 g/mol. The molecule has 0 radical (unpaired) electrons. The molecule has 1 aliphatic heterocycles. The molecule has 1 fully saturated rings. The Labute approximate surface area is 135 Å². The van der Waals surface area contributed by atoms with E-state index >= 15 is 0 Å². The lowest BCUT2D eigenvalue weighted by Crippen LogP contribution is -2.35. The summed E-state index contributed by atoms with van der Waals surface area (Å²) in [6, 6.07) is 4.10. The number of hydrogen-bond donors (Lipinski definition) is 0. The third kappa shape index (κ3) is 4.16. The molecule has 3 nitrogen and oxygen atoms in total. The fraction of sp³-hybridized carbons (Fsp3) is 0.500. The average Bonchev–Trinajstić information content (AvgIpc) is 2.92. The first kappa shape index (κ1) is 16.1. The molecule has 2 aromatic rings. The largest absolute Gasteiger partial charge is 0.299 e. The summed E-state index contributed by atoms with van der Waals surface area (Å²) in [4.78, 5) is 2.42. The van der Waals surface area contributed by atoms with Crippen molar-refractivity contribution in [2.75, 3.05) is 13.1 Å². The van der Waals surface area contributed by atoms with Crippen LogP contribution in [0, 0.1) is 17.6 Å². The Bertz CT molecular complexity index is 633. The van der Waals surface area contributed by atoms with Gasteiger partial charge in [0.25, 0.3) is 0 Å². The van der Waals surface area contributed by atoms with Gasteiger partial charge in [-0.2, -0.15) is 5.10 Å². The predicted octanol–water partition coefficient (Wildman–Crippen LogP) is 3.54. The van der Waals surface area contributed by atoms with Crippen molar-refractivity contribution >= 4 is 0 Å². The molecule has 0 saturated carbocycles. The molecule has 3 rings (SSSR count). The van der Waals surface area contributed by atoms with Crippen molar-refractivity contribution in [2.45, 2.75) is 32.2 Å². The summed E-state index contributed by atoms with van der Waals surface area (Å²) < 4.78 is 29.2. The second kappa shape index (κ2) is 7.21. The number of benzene rings is 1. The van der Waals surface area contributed by atoms with Crippen LogP contribution in [0.3, 0.4) is 0 Å². The van der Waals surface area contributed by atoms with Gasteiger partial charge in [-0.1, -0.05) is 6.07 Å². The Morgan fingerprint density at radius 2 is 2.04 bits per heavy atom. The van der Waals surface area contributed by atoms with Gasteiger partial charge in [-0.25, -0.2) is 8.78 Å². The minimum Gasteiger partial charge on any atom is -0.299 e. The molecule has 1 saturated heterocycles. The first-order valence-corrected chi connectivity index (χ1v) is 8.24. The lowest BCUT2D eigenvalue weighted by atomic mass is 9.91. The van der Waals surface area contributed by atoms with Crippen molar-refractivity contribution in [2.24, 2.45) is 13.0 Å². The van der Waals surface area contributed by atoms with Gasteiger partial charge in [0.2, 0.25) is 0 Å². The van der Waals surface area contributed by atoms with Crippen LogP contribution in [-0.2, 0) is 20.0 Å². The Balaban J connectivity index is 1.54. The molecule has 0 amide bonds. The summed E-state index contributed by atoms with van der Waals surface area (Å²) in [6.45, 7) is 2.98. The zero-order chi connectivity index (χ0) is 16.2. The summed E-state index contributed by atoms with van der Waals surface area (Å²) in [7, 11) is 1.92. The summed E-state index contributed by atoms with van der Waals surface area (Å²) in [5.41, 5.74) is 1.45. The maximum Gasteiger partial charge on any atom is 0.129 e. The van der Waals surface area contributed by atoms with Crippen molar-refractivity contribution < 1.29 is 8.78 Å². The van der Waals surface area contributed by atoms with Gasteiger partial charge in [0.05, 0.1) is 6.20 Å². The van der Waals surface area contributed by atoms with Gasteiger partial charge in [-0.15, -0.1) is 0 Å². The minimum atomic E-state index is -0.423. The molecule has 0 unspecified atom stereocenters. The van der Waals surface area contributed by atoms with E-state index < -0.39 is 11.6 Å². The van der Waals surface area contributed by atoms with Crippen LogP contribution in [0.2, 0.25) is 0 Å². The van der Waals surface area contributed by atoms with Gasteiger partial charge < -0.3 is 0 Å². The van der Waals surface area contributed by atoms with Crippen LogP contribution in [0.1, 0.15) is 30.4 Å². The molecule has 124 valence electrons. The van der Waals surface area contributed by atoms with Crippen LogP contribution in [0.25, 0.3) is 0 Å². The van der Waals surface area contributed by atoms with Gasteiger partial charge in [0.1, 0.15) is 11.6 Å². The smallest absolute Gasteiger partial charge is 0.129 e. The predicted molar refractivity (Wildman–Crippen MR) is 85.9 cm³/mol. The Hall–Kier alpha value is -1.75. The normalized spacial score (nSPS) is 19.2. The van der Waals surface area contributed by atoms with Gasteiger partial charge in [-0.3, -0.25) is 9.58 Å². The molecule has 0 N–H and O–H groups in total. The molecule has 1 aromatic heterocycles. The molecule has 1 aliphatic rings. The number of piperidine rings is 1. The number of likely N-dealkylation sites (tertiary alicyclic amines) is 1. The first-order valence-electron chi connectivity index (χ1n) is 8.24. The summed E-state index contributed by atoms with van der Waals surface area (Å²) in [6.07, 6.45) is 7.53. The molecular formula is C18H23F2N3. The SMILES string of the molecule is Cn1cc(CN2CCC[C@H](CCc3c(F)cccc3F)C2)cn1. The van der Waals surface area contributed by atoms with E-state index in [0.29, 0.717) is 12.3 Å². The van der Waals surface area contributed by atoms with Crippen molar-refractivity contribution in [3.8, 4) is 0 Å². The van der Waals surface area contributed by atoms with Gasteiger partial charge in [0, 0.05) is 37.5 Å². The molecule has 0 bridgehead atoms.